The third-order valence-corrected chi connectivity index (χ3v) is 9.28. The summed E-state index contributed by atoms with van der Waals surface area (Å²) >= 11 is 3.30. The summed E-state index contributed by atoms with van der Waals surface area (Å²) in [6, 6.07) is 20.0. The second-order valence-electron chi connectivity index (χ2n) is 10.3. The predicted octanol–water partition coefficient (Wildman–Crippen LogP) is 7.41. The van der Waals surface area contributed by atoms with Crippen molar-refractivity contribution < 1.29 is 14.1 Å². The molecule has 1 aliphatic heterocycles. The van der Waals surface area contributed by atoms with Crippen LogP contribution in [0.3, 0.4) is 0 Å². The monoisotopic (exact) mass is 582 g/mol. The zero-order valence-electron chi connectivity index (χ0n) is 22.9. The molecule has 0 unspecified atom stereocenters. The van der Waals surface area contributed by atoms with Crippen LogP contribution in [0.1, 0.15) is 41.3 Å². The van der Waals surface area contributed by atoms with Gasteiger partial charge in [0.1, 0.15) is 11.5 Å². The van der Waals surface area contributed by atoms with E-state index in [9.17, 15) is 9.59 Å². The van der Waals surface area contributed by atoms with E-state index in [4.69, 9.17) is 9.51 Å². The Hall–Kier alpha value is -4.08. The van der Waals surface area contributed by atoms with Crippen LogP contribution in [0.5, 0.6) is 0 Å². The second-order valence-corrected chi connectivity index (χ2v) is 12.2. The Kier molecular flexibility index (Phi) is 7.80. The highest BCUT2D eigenvalue weighted by Gasteiger charge is 2.27. The maximum atomic E-state index is 12.7. The van der Waals surface area contributed by atoms with Crippen molar-refractivity contribution >= 4 is 40.2 Å². The molecule has 7 nitrogen and oxygen atoms in total. The average Bonchev–Trinajstić information content (AvgIpc) is 3.75. The molecule has 208 valence electrons. The fourth-order valence-electron chi connectivity index (χ4n) is 5.34. The van der Waals surface area contributed by atoms with Gasteiger partial charge in [0.25, 0.3) is 0 Å². The van der Waals surface area contributed by atoms with E-state index in [0.29, 0.717) is 12.3 Å². The van der Waals surface area contributed by atoms with Gasteiger partial charge in [0.05, 0.1) is 22.7 Å². The first-order valence-electron chi connectivity index (χ1n) is 13.7. The van der Waals surface area contributed by atoms with Gasteiger partial charge in [-0.25, -0.2) is 4.98 Å². The molecule has 5 aromatic rings. The molecule has 0 spiro atoms. The van der Waals surface area contributed by atoms with Gasteiger partial charge in [-0.05, 0) is 60.5 Å². The van der Waals surface area contributed by atoms with Crippen molar-refractivity contribution in [1.82, 2.24) is 15.0 Å². The minimum Gasteiger partial charge on any atom is -0.360 e. The van der Waals surface area contributed by atoms with Crippen LogP contribution in [-0.4, -0.2) is 39.9 Å². The maximum Gasteiger partial charge on any atom is 0.227 e. The number of hydrogen-bond acceptors (Lipinski definition) is 7. The van der Waals surface area contributed by atoms with Crippen LogP contribution in [0.25, 0.3) is 33.6 Å². The lowest BCUT2D eigenvalue weighted by Crippen LogP contribution is -2.38. The number of benzene rings is 2. The first kappa shape index (κ1) is 27.1. The number of thiophene rings is 1. The van der Waals surface area contributed by atoms with Crippen molar-refractivity contribution in [1.29, 1.82) is 0 Å². The van der Waals surface area contributed by atoms with E-state index in [1.807, 2.05) is 71.8 Å². The van der Waals surface area contributed by atoms with Gasteiger partial charge in [-0.15, -0.1) is 22.7 Å². The Bertz CT molecular complexity index is 1680. The van der Waals surface area contributed by atoms with Crippen molar-refractivity contribution in [3.05, 3.63) is 87.1 Å². The molecule has 2 aromatic carbocycles. The molecular formula is C32H30N4O3S2. The largest absolute Gasteiger partial charge is 0.360 e. The molecular weight excluding hydrogens is 553 g/mol. The lowest BCUT2D eigenvalue weighted by Gasteiger charge is -2.31. The number of carbonyl (C=O) groups is 2. The SMILES string of the molecule is CC(=O)Nc1cccc(-c2cccc(-c3noc(C)c3-c3csc(C4CCN(C(=O)Cc5cccs5)CC4)n3)c2)c1. The minimum absolute atomic E-state index is 0.102. The standard InChI is InChI=1S/C32H30N4O3S2/c1-20-30(28-19-41-32(34-28)22-11-13-36(14-12-22)29(38)18-27-10-5-15-40-27)31(35-39-20)25-8-3-6-23(16-25)24-7-4-9-26(17-24)33-21(2)37/h3-10,15-17,19,22H,11-14,18H2,1-2H3,(H,33,37). The number of aryl methyl sites for hydroxylation is 1. The molecule has 4 heterocycles. The van der Waals surface area contributed by atoms with Gasteiger partial charge in [0.15, 0.2) is 0 Å². The van der Waals surface area contributed by atoms with E-state index in [-0.39, 0.29) is 11.8 Å². The molecule has 1 aliphatic rings. The molecule has 1 N–H and O–H groups in total. The molecule has 0 saturated carbocycles. The van der Waals surface area contributed by atoms with Gasteiger partial charge >= 0.3 is 0 Å². The molecule has 0 bridgehead atoms. The van der Waals surface area contributed by atoms with E-state index in [1.165, 1.54) is 6.92 Å². The Morgan fingerprint density at radius 3 is 2.51 bits per heavy atom. The highest BCUT2D eigenvalue weighted by molar-refractivity contribution is 7.10. The fraction of sp³-hybridized carbons (Fsp3) is 0.250. The number of nitrogens with zero attached hydrogens (tertiary/aromatic N) is 3. The lowest BCUT2D eigenvalue weighted by molar-refractivity contribution is -0.131. The third kappa shape index (κ3) is 6.01. The summed E-state index contributed by atoms with van der Waals surface area (Å²) in [4.78, 5) is 32.4. The van der Waals surface area contributed by atoms with Gasteiger partial charge in [0.2, 0.25) is 11.8 Å². The Morgan fingerprint density at radius 1 is 1.00 bits per heavy atom. The zero-order valence-corrected chi connectivity index (χ0v) is 24.6. The predicted molar refractivity (Wildman–Crippen MR) is 164 cm³/mol. The first-order chi connectivity index (χ1) is 19.9. The average molecular weight is 583 g/mol. The van der Waals surface area contributed by atoms with Crippen LogP contribution < -0.4 is 5.32 Å². The number of aromatic nitrogens is 2. The van der Waals surface area contributed by atoms with E-state index in [0.717, 1.165) is 80.9 Å². The van der Waals surface area contributed by atoms with E-state index < -0.39 is 0 Å². The maximum absolute atomic E-state index is 12.7. The Balaban J connectivity index is 1.19. The van der Waals surface area contributed by atoms with Crippen LogP contribution in [0.15, 0.2) is 75.9 Å². The summed E-state index contributed by atoms with van der Waals surface area (Å²) in [6.45, 7) is 4.95. The molecule has 6 rings (SSSR count). The number of thiazole rings is 1. The van der Waals surface area contributed by atoms with Crippen LogP contribution in [0.2, 0.25) is 0 Å². The number of piperidine rings is 1. The summed E-state index contributed by atoms with van der Waals surface area (Å²) in [5.41, 5.74) is 6.23. The van der Waals surface area contributed by atoms with E-state index in [1.54, 1.807) is 22.7 Å². The molecule has 1 fully saturated rings. The van der Waals surface area contributed by atoms with Crippen molar-refractivity contribution in [2.45, 2.75) is 39.0 Å². The molecule has 41 heavy (non-hydrogen) atoms. The van der Waals surface area contributed by atoms with E-state index in [2.05, 4.69) is 21.9 Å². The highest BCUT2D eigenvalue weighted by atomic mass is 32.1. The molecule has 3 aromatic heterocycles. The van der Waals surface area contributed by atoms with Crippen molar-refractivity contribution in [2.24, 2.45) is 0 Å². The Labute approximate surface area is 246 Å². The first-order valence-corrected chi connectivity index (χ1v) is 15.4. The molecule has 0 aliphatic carbocycles. The minimum atomic E-state index is -0.102. The van der Waals surface area contributed by atoms with Gasteiger partial charge < -0.3 is 14.7 Å². The fourth-order valence-corrected chi connectivity index (χ4v) is 7.01. The van der Waals surface area contributed by atoms with E-state index >= 15 is 0 Å². The van der Waals surface area contributed by atoms with Crippen LogP contribution >= 0.6 is 22.7 Å². The molecule has 1 saturated heterocycles. The molecule has 0 radical (unpaired) electrons. The summed E-state index contributed by atoms with van der Waals surface area (Å²) < 4.78 is 5.67. The van der Waals surface area contributed by atoms with Gasteiger partial charge in [-0.3, -0.25) is 9.59 Å². The number of likely N-dealkylation sites (tertiary alicyclic amines) is 1. The topological polar surface area (TPSA) is 88.3 Å². The normalized spacial score (nSPS) is 13.9. The zero-order chi connectivity index (χ0) is 28.3. The van der Waals surface area contributed by atoms with Crippen molar-refractivity contribution in [3.8, 4) is 33.6 Å². The molecule has 9 heteroatoms. The number of nitrogens with one attached hydrogen (secondary N) is 1. The summed E-state index contributed by atoms with van der Waals surface area (Å²) in [5, 5.41) is 12.5. The number of hydrogen-bond donors (Lipinski definition) is 1. The lowest BCUT2D eigenvalue weighted by atomic mass is 9.97. The number of rotatable bonds is 7. The quantitative estimate of drug-likeness (QED) is 0.216. The highest BCUT2D eigenvalue weighted by Crippen LogP contribution is 2.39. The van der Waals surface area contributed by atoms with Crippen LogP contribution in [-0.2, 0) is 16.0 Å². The van der Waals surface area contributed by atoms with Gasteiger partial charge in [0, 0.05) is 47.4 Å². The number of anilines is 1. The van der Waals surface area contributed by atoms with Crippen molar-refractivity contribution in [3.63, 3.8) is 0 Å². The van der Waals surface area contributed by atoms with Gasteiger partial charge in [-0.2, -0.15) is 0 Å². The number of carbonyl (C=O) groups excluding carboxylic acids is 2. The Morgan fingerprint density at radius 2 is 1.76 bits per heavy atom. The summed E-state index contributed by atoms with van der Waals surface area (Å²) in [7, 11) is 0. The molecule has 0 atom stereocenters. The third-order valence-electron chi connectivity index (χ3n) is 7.40. The van der Waals surface area contributed by atoms with Crippen LogP contribution in [0, 0.1) is 6.92 Å². The second kappa shape index (κ2) is 11.8. The summed E-state index contributed by atoms with van der Waals surface area (Å²) in [6.07, 6.45) is 2.32. The van der Waals surface area contributed by atoms with Crippen molar-refractivity contribution in [2.75, 3.05) is 18.4 Å². The smallest absolute Gasteiger partial charge is 0.227 e. The van der Waals surface area contributed by atoms with Gasteiger partial charge in [-0.1, -0.05) is 41.6 Å². The number of amides is 2. The summed E-state index contributed by atoms with van der Waals surface area (Å²) in [5.74, 6) is 1.17. The molecule has 2 amide bonds. The van der Waals surface area contributed by atoms with Crippen LogP contribution in [0.4, 0.5) is 5.69 Å².